The fourth-order valence-electron chi connectivity index (χ4n) is 5.35. The van der Waals surface area contributed by atoms with Crippen LogP contribution in [0.25, 0.3) is 0 Å². The van der Waals surface area contributed by atoms with E-state index in [1.54, 1.807) is 13.1 Å². The second kappa shape index (κ2) is 10.6. The summed E-state index contributed by atoms with van der Waals surface area (Å²) in [5.41, 5.74) is 3.07. The minimum atomic E-state index is -0.139. The Labute approximate surface area is 207 Å². The Morgan fingerprint density at radius 1 is 1.09 bits per heavy atom. The van der Waals surface area contributed by atoms with Gasteiger partial charge in [0.05, 0.1) is 18.2 Å². The molecule has 0 saturated carbocycles. The molecule has 35 heavy (non-hydrogen) atoms. The number of hydrogen-bond acceptors (Lipinski definition) is 5. The van der Waals surface area contributed by atoms with Gasteiger partial charge in [-0.1, -0.05) is 42.5 Å². The molecule has 0 bridgehead atoms. The zero-order valence-corrected chi connectivity index (χ0v) is 20.3. The number of carbonyl (C=O) groups is 1. The number of rotatable bonds is 7. The maximum atomic E-state index is 12.5. The van der Waals surface area contributed by atoms with Crippen LogP contribution >= 0.6 is 0 Å². The van der Waals surface area contributed by atoms with Crippen molar-refractivity contribution in [2.24, 2.45) is 0 Å². The molecular weight excluding hydrogens is 438 g/mol. The van der Waals surface area contributed by atoms with E-state index in [-0.39, 0.29) is 17.6 Å². The SMILES string of the molecule is CC(=O)N(c1ccccc1)C1COC2(CCN(Cc3ccccc3OCc3cccnc3)CC2)C1. The molecule has 0 N–H and O–H groups in total. The highest BCUT2D eigenvalue weighted by Gasteiger charge is 2.45. The van der Waals surface area contributed by atoms with Crippen LogP contribution in [0.2, 0.25) is 0 Å². The van der Waals surface area contributed by atoms with Crippen molar-refractivity contribution in [2.75, 3.05) is 24.6 Å². The summed E-state index contributed by atoms with van der Waals surface area (Å²) in [6.45, 7) is 5.54. The van der Waals surface area contributed by atoms with Gasteiger partial charge in [-0.2, -0.15) is 0 Å². The molecular formula is C29H33N3O3. The van der Waals surface area contributed by atoms with E-state index in [4.69, 9.17) is 9.47 Å². The van der Waals surface area contributed by atoms with Crippen molar-refractivity contribution >= 4 is 11.6 Å². The fraction of sp³-hybridized carbons (Fsp3) is 0.379. The predicted octanol–water partition coefficient (Wildman–Crippen LogP) is 4.84. The summed E-state index contributed by atoms with van der Waals surface area (Å²) in [5.74, 6) is 0.996. The Bertz CT molecular complexity index is 1110. The second-order valence-electron chi connectivity index (χ2n) is 9.61. The summed E-state index contributed by atoms with van der Waals surface area (Å²) < 4.78 is 12.5. The van der Waals surface area contributed by atoms with Crippen molar-refractivity contribution in [1.29, 1.82) is 0 Å². The average molecular weight is 472 g/mol. The molecule has 1 unspecified atom stereocenters. The number of amides is 1. The van der Waals surface area contributed by atoms with E-state index in [0.29, 0.717) is 13.2 Å². The fourth-order valence-corrected chi connectivity index (χ4v) is 5.35. The number of ether oxygens (including phenoxy) is 2. The van der Waals surface area contributed by atoms with Gasteiger partial charge in [0.15, 0.2) is 0 Å². The number of benzene rings is 2. The van der Waals surface area contributed by atoms with Gasteiger partial charge in [0.2, 0.25) is 5.91 Å². The van der Waals surface area contributed by atoms with E-state index >= 15 is 0 Å². The summed E-state index contributed by atoms with van der Waals surface area (Å²) in [7, 11) is 0. The van der Waals surface area contributed by atoms with Gasteiger partial charge >= 0.3 is 0 Å². The molecule has 0 aliphatic carbocycles. The summed E-state index contributed by atoms with van der Waals surface area (Å²) in [4.78, 5) is 21.0. The van der Waals surface area contributed by atoms with Gasteiger partial charge in [0, 0.05) is 55.8 Å². The van der Waals surface area contributed by atoms with Crippen LogP contribution in [0.1, 0.15) is 37.3 Å². The van der Waals surface area contributed by atoms with Gasteiger partial charge in [-0.3, -0.25) is 14.7 Å². The Balaban J connectivity index is 1.18. The lowest BCUT2D eigenvalue weighted by atomic mass is 9.86. The molecule has 1 atom stereocenters. The van der Waals surface area contributed by atoms with Gasteiger partial charge in [-0.05, 0) is 43.5 Å². The third-order valence-electron chi connectivity index (χ3n) is 7.18. The van der Waals surface area contributed by atoms with E-state index in [1.165, 1.54) is 5.56 Å². The van der Waals surface area contributed by atoms with Crippen molar-refractivity contribution in [3.8, 4) is 5.75 Å². The number of carbonyl (C=O) groups excluding carboxylic acids is 1. The summed E-state index contributed by atoms with van der Waals surface area (Å²) >= 11 is 0. The molecule has 0 radical (unpaired) electrons. The average Bonchev–Trinajstić information content (AvgIpc) is 3.29. The first-order chi connectivity index (χ1) is 17.1. The third-order valence-corrected chi connectivity index (χ3v) is 7.18. The van der Waals surface area contributed by atoms with Crippen molar-refractivity contribution in [3.63, 3.8) is 0 Å². The molecule has 2 aliphatic heterocycles. The highest BCUT2D eigenvalue weighted by atomic mass is 16.5. The van der Waals surface area contributed by atoms with E-state index in [0.717, 1.165) is 55.9 Å². The maximum absolute atomic E-state index is 12.5. The summed E-state index contributed by atoms with van der Waals surface area (Å²) in [5, 5.41) is 0. The Kier molecular flexibility index (Phi) is 7.11. The standard InChI is InChI=1S/C29H33N3O3/c1-23(33)32(26-10-3-2-4-11-26)27-18-29(35-22-27)13-16-31(17-14-29)20-25-9-5-6-12-28(25)34-21-24-8-7-15-30-19-24/h2-12,15,19,27H,13-14,16-18,20-22H2,1H3. The van der Waals surface area contributed by atoms with Gasteiger partial charge in [-0.25, -0.2) is 0 Å². The summed E-state index contributed by atoms with van der Waals surface area (Å²) in [6, 6.07) is 22.3. The maximum Gasteiger partial charge on any atom is 0.224 e. The number of piperidine rings is 1. The van der Waals surface area contributed by atoms with Crippen LogP contribution < -0.4 is 9.64 Å². The Morgan fingerprint density at radius 2 is 1.86 bits per heavy atom. The number of pyridine rings is 1. The zero-order valence-electron chi connectivity index (χ0n) is 20.3. The molecule has 6 heteroatoms. The molecule has 2 saturated heterocycles. The number of hydrogen-bond donors (Lipinski definition) is 0. The number of aromatic nitrogens is 1. The Hall–Kier alpha value is -3.22. The minimum absolute atomic E-state index is 0.0715. The van der Waals surface area contributed by atoms with Crippen molar-refractivity contribution in [3.05, 3.63) is 90.3 Å². The normalized spacial score (nSPS) is 19.5. The van der Waals surface area contributed by atoms with Crippen LogP contribution in [-0.4, -0.2) is 47.1 Å². The lowest BCUT2D eigenvalue weighted by molar-refractivity contribution is -0.117. The number of likely N-dealkylation sites (tertiary alicyclic amines) is 1. The van der Waals surface area contributed by atoms with Crippen LogP contribution in [0, 0.1) is 0 Å². The van der Waals surface area contributed by atoms with Crippen LogP contribution in [0.15, 0.2) is 79.1 Å². The quantitative estimate of drug-likeness (QED) is 0.494. The van der Waals surface area contributed by atoms with Crippen LogP contribution in [0.4, 0.5) is 5.69 Å². The Morgan fingerprint density at radius 3 is 2.60 bits per heavy atom. The molecule has 6 nitrogen and oxygen atoms in total. The lowest BCUT2D eigenvalue weighted by Gasteiger charge is -2.39. The highest BCUT2D eigenvalue weighted by Crippen LogP contribution is 2.39. The first-order valence-corrected chi connectivity index (χ1v) is 12.4. The zero-order chi connectivity index (χ0) is 24.1. The molecule has 1 amide bonds. The van der Waals surface area contributed by atoms with Crippen molar-refractivity contribution in [1.82, 2.24) is 9.88 Å². The largest absolute Gasteiger partial charge is 0.489 e. The smallest absolute Gasteiger partial charge is 0.224 e. The van der Waals surface area contributed by atoms with Crippen LogP contribution in [0.5, 0.6) is 5.75 Å². The molecule has 182 valence electrons. The third kappa shape index (κ3) is 5.55. The van der Waals surface area contributed by atoms with Crippen molar-refractivity contribution in [2.45, 2.75) is 51.0 Å². The van der Waals surface area contributed by atoms with Crippen LogP contribution in [-0.2, 0) is 22.7 Å². The molecule has 1 aromatic heterocycles. The number of anilines is 1. The van der Waals surface area contributed by atoms with Gasteiger partial charge < -0.3 is 14.4 Å². The lowest BCUT2D eigenvalue weighted by Crippen LogP contribution is -2.45. The van der Waals surface area contributed by atoms with Crippen molar-refractivity contribution < 1.29 is 14.3 Å². The molecule has 3 heterocycles. The van der Waals surface area contributed by atoms with E-state index < -0.39 is 0 Å². The monoisotopic (exact) mass is 471 g/mol. The number of nitrogens with zero attached hydrogens (tertiary/aromatic N) is 3. The molecule has 3 aromatic rings. The van der Waals surface area contributed by atoms with E-state index in [1.807, 2.05) is 65.7 Å². The molecule has 1 spiro atoms. The van der Waals surface area contributed by atoms with Gasteiger partial charge in [-0.15, -0.1) is 0 Å². The van der Waals surface area contributed by atoms with E-state index in [2.05, 4.69) is 22.0 Å². The first kappa shape index (κ1) is 23.5. The van der Waals surface area contributed by atoms with Crippen LogP contribution in [0.3, 0.4) is 0 Å². The topological polar surface area (TPSA) is 54.9 Å². The predicted molar refractivity (Wildman–Crippen MR) is 136 cm³/mol. The highest BCUT2D eigenvalue weighted by molar-refractivity contribution is 5.92. The number of para-hydroxylation sites is 2. The molecule has 2 aromatic carbocycles. The van der Waals surface area contributed by atoms with Gasteiger partial charge in [0.25, 0.3) is 0 Å². The molecule has 5 rings (SSSR count). The first-order valence-electron chi connectivity index (χ1n) is 12.4. The van der Waals surface area contributed by atoms with E-state index in [9.17, 15) is 4.79 Å². The second-order valence-corrected chi connectivity index (χ2v) is 9.61. The van der Waals surface area contributed by atoms with Gasteiger partial charge in [0.1, 0.15) is 12.4 Å². The molecule has 2 fully saturated rings. The summed E-state index contributed by atoms with van der Waals surface area (Å²) in [6.07, 6.45) is 6.45. The molecule has 2 aliphatic rings. The minimum Gasteiger partial charge on any atom is -0.489 e.